The van der Waals surface area contributed by atoms with Crippen molar-refractivity contribution in [3.8, 4) is 0 Å². The second-order valence-electron chi connectivity index (χ2n) is 27.4. The Balaban J connectivity index is 1.64. The van der Waals surface area contributed by atoms with Gasteiger partial charge in [0.2, 0.25) is 82.7 Å². The second kappa shape index (κ2) is 46.3. The van der Waals surface area contributed by atoms with Crippen molar-refractivity contribution < 1.29 is 97.1 Å². The number of aliphatic carboxylic acids is 2. The van der Waals surface area contributed by atoms with E-state index in [-0.39, 0.29) is 94.2 Å². The van der Waals surface area contributed by atoms with E-state index >= 15 is 0 Å². The lowest BCUT2D eigenvalue weighted by Crippen LogP contribution is -2.61. The summed E-state index contributed by atoms with van der Waals surface area (Å²) in [5.41, 5.74) is 18.1. The number of aliphatic hydroxyl groups is 2. The number of carbonyl (C=O) groups excluding carboxylic acids is 14. The zero-order valence-electron chi connectivity index (χ0n) is 61.3. The van der Waals surface area contributed by atoms with Crippen LogP contribution >= 0.6 is 21.6 Å². The number of fused-ring (bicyclic) bond motifs is 1. The van der Waals surface area contributed by atoms with Gasteiger partial charge in [-0.2, -0.15) is 0 Å². The zero-order valence-corrected chi connectivity index (χ0v) is 62.9. The SMILES string of the molecule is CC(C)C[C@H](NC(=O)[C@H](CC(C)C)NC(=O)[C@H](CCCCN)NC(=O)[C@H](Cc1c[nH]c2ccccc12)NC(=O)[C@H](CC(C)C)NC(=O)[C@H](CC(=O)O)NC(=O)[C@H](CO)NC(=O)[C@H](Cc1ccccc1)NC(=O)CN1CCSSCC(=O)N[C@@H](CCC(N)=O)C(=O)N[C@@H](CCC(=O)O)C1=O)C(=O)N[C@@H](CO)C(N)=O. The summed E-state index contributed by atoms with van der Waals surface area (Å²) in [6.07, 6.45) is -1.27. The average molecular weight is 1550 g/mol. The number of benzene rings is 2. The molecular formula is C70H104N16O20S2. The van der Waals surface area contributed by atoms with Gasteiger partial charge in [0.15, 0.2) is 0 Å². The van der Waals surface area contributed by atoms with E-state index in [1.807, 2.05) is 0 Å². The maximum Gasteiger partial charge on any atom is 0.305 e. The third-order valence-electron chi connectivity index (χ3n) is 16.9. The molecule has 0 unspecified atom stereocenters. The molecule has 596 valence electrons. The first-order valence-corrected chi connectivity index (χ1v) is 38.0. The monoisotopic (exact) mass is 1550 g/mol. The number of para-hydroxylation sites is 1. The Morgan fingerprint density at radius 2 is 1.02 bits per heavy atom. The first kappa shape index (κ1) is 90.5. The fourth-order valence-corrected chi connectivity index (χ4v) is 13.2. The van der Waals surface area contributed by atoms with Crippen LogP contribution in [-0.4, -0.2) is 236 Å². The van der Waals surface area contributed by atoms with Crippen LogP contribution in [0, 0.1) is 17.8 Å². The van der Waals surface area contributed by atoms with Gasteiger partial charge < -0.3 is 106 Å². The van der Waals surface area contributed by atoms with Gasteiger partial charge in [-0.15, -0.1) is 0 Å². The number of nitrogens with zero attached hydrogens (tertiary/aromatic N) is 1. The number of aliphatic hydroxyl groups excluding tert-OH is 2. The number of aromatic nitrogens is 1. The molecule has 2 heterocycles. The van der Waals surface area contributed by atoms with E-state index in [1.54, 1.807) is 102 Å². The van der Waals surface area contributed by atoms with Crippen molar-refractivity contribution in [1.29, 1.82) is 0 Å². The minimum absolute atomic E-state index is 0.0316. The molecule has 1 aromatic heterocycles. The van der Waals surface area contributed by atoms with E-state index in [0.717, 1.165) is 26.5 Å². The van der Waals surface area contributed by atoms with E-state index in [2.05, 4.69) is 63.5 Å². The normalized spacial score (nSPS) is 16.8. The number of carboxylic acids is 2. The molecule has 1 aliphatic rings. The predicted octanol–water partition coefficient (Wildman–Crippen LogP) is -3.15. The molecule has 0 spiro atoms. The van der Waals surface area contributed by atoms with E-state index in [0.29, 0.717) is 28.5 Å². The van der Waals surface area contributed by atoms with Gasteiger partial charge in [-0.1, -0.05) is 112 Å². The number of amides is 14. The number of hydrogen-bond acceptors (Lipinski definition) is 21. The number of rotatable bonds is 44. The van der Waals surface area contributed by atoms with Crippen LogP contribution < -0.4 is 75.7 Å². The Kier molecular flexibility index (Phi) is 38.8. The molecule has 1 saturated heterocycles. The summed E-state index contributed by atoms with van der Waals surface area (Å²) >= 11 is 0. The lowest BCUT2D eigenvalue weighted by atomic mass is 9.98. The number of H-pyrrole nitrogens is 1. The molecule has 2 aromatic carbocycles. The first-order chi connectivity index (χ1) is 51.1. The third-order valence-corrected chi connectivity index (χ3v) is 19.1. The second-order valence-corrected chi connectivity index (χ2v) is 29.9. The lowest BCUT2D eigenvalue weighted by molar-refractivity contribution is -0.142. The Labute approximate surface area is 632 Å². The summed E-state index contributed by atoms with van der Waals surface area (Å²) in [4.78, 5) is 222. The number of carbonyl (C=O) groups is 16. The molecular weight excluding hydrogens is 1450 g/mol. The smallest absolute Gasteiger partial charge is 0.305 e. The number of unbranched alkanes of at least 4 members (excludes halogenated alkanes) is 1. The molecule has 108 heavy (non-hydrogen) atoms. The van der Waals surface area contributed by atoms with E-state index in [4.69, 9.17) is 17.2 Å². The highest BCUT2D eigenvalue weighted by Gasteiger charge is 2.38. The van der Waals surface area contributed by atoms with Crippen LogP contribution in [-0.2, 0) is 89.6 Å². The molecule has 4 rings (SSSR count). The first-order valence-electron chi connectivity index (χ1n) is 35.5. The van der Waals surface area contributed by atoms with Gasteiger partial charge >= 0.3 is 11.9 Å². The van der Waals surface area contributed by atoms with E-state index in [1.165, 1.54) is 0 Å². The van der Waals surface area contributed by atoms with Crippen molar-refractivity contribution in [3.05, 3.63) is 71.9 Å². The molecule has 14 amide bonds. The maximum atomic E-state index is 15.0. The molecule has 0 aliphatic carbocycles. The van der Waals surface area contributed by atoms with E-state index in [9.17, 15) is 97.1 Å². The molecule has 0 radical (unpaired) electrons. The van der Waals surface area contributed by atoms with Crippen molar-refractivity contribution in [3.63, 3.8) is 0 Å². The van der Waals surface area contributed by atoms with Crippen molar-refractivity contribution in [2.75, 3.05) is 44.4 Å². The third kappa shape index (κ3) is 31.9. The standard InChI is InChI=1S/C70H104N16O20S2/c1-37(2)26-47(63(99)80-49(28-39(5)6)65(101)84-53(34-87)60(73)96)79-61(97)44(18-12-13-23-71)77-67(103)51(30-41-32-74-43-17-11-10-16-42(41)43)82-64(100)48(27-38(3)4)81-68(104)52(31-59(94)95)83-69(105)54(35-88)85-66(102)50(29-40-14-8-7-9-15-40)76-56(90)33-86-24-25-107-108-36-57(91)75-45(19-21-55(72)89)62(98)78-46(70(86)106)20-22-58(92)93/h7-11,14-17,32,37-39,44-54,74,87-88H,12-13,18-31,33-36,71H2,1-6H3,(H2,72,89)(H2,73,96)(H,75,91)(H,76,90)(H,77,103)(H,78,98)(H,79,97)(H,80,99)(H,81,104)(H,82,100)(H,83,105)(H,84,101)(H,85,102)(H,92,93)(H,94,95)/t44-,45-,46-,47-,48-,49-,50-,51-,52-,53-,54-/m0/s1. The Bertz CT molecular complexity index is 3600. The number of nitrogens with two attached hydrogens (primary N) is 3. The Morgan fingerprint density at radius 3 is 1.56 bits per heavy atom. The van der Waals surface area contributed by atoms with Gasteiger partial charge in [-0.3, -0.25) is 76.7 Å². The molecule has 36 nitrogen and oxygen atoms in total. The summed E-state index contributed by atoms with van der Waals surface area (Å²) in [6.45, 7) is 7.63. The topological polar surface area (TPSA) is 583 Å². The summed E-state index contributed by atoms with van der Waals surface area (Å²) < 4.78 is 0. The minimum atomic E-state index is -2.04. The fraction of sp³-hybridized carbons (Fsp3) is 0.571. The molecule has 0 bridgehead atoms. The highest BCUT2D eigenvalue weighted by atomic mass is 33.1. The van der Waals surface area contributed by atoms with Crippen molar-refractivity contribution in [1.82, 2.24) is 68.4 Å². The quantitative estimate of drug-likeness (QED) is 0.0196. The predicted molar refractivity (Wildman–Crippen MR) is 397 cm³/mol. The summed E-state index contributed by atoms with van der Waals surface area (Å²) in [6, 6.07) is -2.08. The van der Waals surface area contributed by atoms with Crippen molar-refractivity contribution in [2.24, 2.45) is 35.0 Å². The minimum Gasteiger partial charge on any atom is -0.481 e. The van der Waals surface area contributed by atoms with Crippen molar-refractivity contribution in [2.45, 2.75) is 191 Å². The number of primary amides is 2. The number of aromatic amines is 1. The van der Waals surface area contributed by atoms with Crippen LogP contribution in [0.3, 0.4) is 0 Å². The molecule has 1 fully saturated rings. The molecule has 38 heteroatoms. The van der Waals surface area contributed by atoms with Gasteiger partial charge in [0.1, 0.15) is 66.5 Å². The van der Waals surface area contributed by atoms with Crippen LogP contribution in [0.5, 0.6) is 0 Å². The lowest BCUT2D eigenvalue weighted by Gasteiger charge is -2.29. The maximum absolute atomic E-state index is 15.0. The van der Waals surface area contributed by atoms with Gasteiger partial charge in [0, 0.05) is 55.1 Å². The van der Waals surface area contributed by atoms with Gasteiger partial charge in [-0.05, 0) is 92.9 Å². The Hall–Kier alpha value is -9.92. The molecule has 0 saturated carbocycles. The largest absolute Gasteiger partial charge is 0.481 e. The highest BCUT2D eigenvalue weighted by molar-refractivity contribution is 8.76. The zero-order chi connectivity index (χ0) is 80.3. The average Bonchev–Trinajstić information content (AvgIpc) is 1.65. The summed E-state index contributed by atoms with van der Waals surface area (Å²) in [5, 5.41) is 68.3. The van der Waals surface area contributed by atoms with Crippen LogP contribution in [0.4, 0.5) is 0 Å². The number of hydrogen-bond donors (Lipinski definition) is 19. The van der Waals surface area contributed by atoms with Gasteiger partial charge in [-0.25, -0.2) is 0 Å². The Morgan fingerprint density at radius 1 is 0.537 bits per heavy atom. The highest BCUT2D eigenvalue weighted by Crippen LogP contribution is 2.23. The van der Waals surface area contributed by atoms with Gasteiger partial charge in [0.05, 0.1) is 31.9 Å². The van der Waals surface area contributed by atoms with Crippen LogP contribution in [0.1, 0.15) is 123 Å². The number of carboxylic acid groups (broad SMARTS) is 2. The number of nitrogens with one attached hydrogen (secondary N) is 12. The molecule has 11 atom stereocenters. The van der Waals surface area contributed by atoms with Crippen molar-refractivity contribution >= 4 is 127 Å². The van der Waals surface area contributed by atoms with Crippen LogP contribution in [0.2, 0.25) is 0 Å². The van der Waals surface area contributed by atoms with E-state index < -0.39 is 206 Å². The van der Waals surface area contributed by atoms with Crippen LogP contribution in [0.15, 0.2) is 60.8 Å². The summed E-state index contributed by atoms with van der Waals surface area (Å²) in [7, 11) is 2.16. The molecule has 3 aromatic rings. The molecule has 22 N–H and O–H groups in total. The van der Waals surface area contributed by atoms with Gasteiger partial charge in [0.25, 0.3) is 0 Å². The van der Waals surface area contributed by atoms with Crippen LogP contribution in [0.25, 0.3) is 10.9 Å². The molecule has 1 aliphatic heterocycles. The summed E-state index contributed by atoms with van der Waals surface area (Å²) in [5.74, 6) is -17.3. The fourth-order valence-electron chi connectivity index (χ4n) is 11.4.